The molecule has 2 aromatic carbocycles. The molecule has 2 heterocycles. The first-order valence-corrected chi connectivity index (χ1v) is 14.4. The van der Waals surface area contributed by atoms with Gasteiger partial charge >= 0.3 is 0 Å². The number of aromatic nitrogens is 3. The number of carbonyl (C=O) groups excluding carboxylic acids is 1. The Hall–Kier alpha value is -2.75. The molecule has 1 saturated carbocycles. The number of rotatable bonds is 6. The number of thioether (sulfide) groups is 1. The molecule has 1 aliphatic rings. The zero-order chi connectivity index (χ0) is 25.2. The first-order chi connectivity index (χ1) is 17.4. The number of benzene rings is 2. The lowest BCUT2D eigenvalue weighted by molar-refractivity contribution is -0.119. The summed E-state index contributed by atoms with van der Waals surface area (Å²) in [6, 6.07) is 15.9. The number of aryl methyl sites for hydroxylation is 2. The third-order valence-electron chi connectivity index (χ3n) is 6.53. The number of carbonyl (C=O) groups is 1. The van der Waals surface area contributed by atoms with Crippen molar-refractivity contribution in [2.45, 2.75) is 57.1 Å². The quantitative estimate of drug-likeness (QED) is 0.183. The van der Waals surface area contributed by atoms with Gasteiger partial charge in [-0.15, -0.1) is 0 Å². The van der Waals surface area contributed by atoms with Crippen LogP contribution in [-0.4, -0.2) is 31.8 Å². The van der Waals surface area contributed by atoms with Gasteiger partial charge in [-0.3, -0.25) is 18.7 Å². The van der Waals surface area contributed by atoms with Crippen LogP contribution < -0.4 is 10.9 Å². The van der Waals surface area contributed by atoms with E-state index in [0.29, 0.717) is 19.5 Å². The maximum absolute atomic E-state index is 13.8. The number of fused-ring (bicyclic) bond motifs is 1. The number of para-hydroxylation sites is 1. The van der Waals surface area contributed by atoms with Crippen molar-refractivity contribution >= 4 is 51.6 Å². The highest BCUT2D eigenvalue weighted by molar-refractivity contribution is 7.99. The van der Waals surface area contributed by atoms with Gasteiger partial charge in [0.2, 0.25) is 5.91 Å². The van der Waals surface area contributed by atoms with Crippen molar-refractivity contribution in [2.24, 2.45) is 0 Å². The molecule has 0 atom stereocenters. The van der Waals surface area contributed by atoms with Crippen molar-refractivity contribution in [3.63, 3.8) is 0 Å². The van der Waals surface area contributed by atoms with Crippen LogP contribution in [0.4, 0.5) is 0 Å². The fourth-order valence-corrected chi connectivity index (χ4v) is 6.73. The van der Waals surface area contributed by atoms with Crippen LogP contribution >= 0.6 is 35.3 Å². The van der Waals surface area contributed by atoms with E-state index in [1.165, 1.54) is 29.5 Å². The van der Waals surface area contributed by atoms with Crippen molar-refractivity contribution in [3.05, 3.63) is 74.0 Å². The van der Waals surface area contributed by atoms with Gasteiger partial charge in [0.1, 0.15) is 4.70 Å². The van der Waals surface area contributed by atoms with Gasteiger partial charge in [-0.05, 0) is 62.7 Å². The Morgan fingerprint density at radius 3 is 2.53 bits per heavy atom. The fourth-order valence-electron chi connectivity index (χ4n) is 4.63. The van der Waals surface area contributed by atoms with Gasteiger partial charge in [-0.2, -0.15) is 0 Å². The summed E-state index contributed by atoms with van der Waals surface area (Å²) in [5.74, 6) is 0.160. The summed E-state index contributed by atoms with van der Waals surface area (Å²) in [5.41, 5.74) is 4.11. The van der Waals surface area contributed by atoms with E-state index < -0.39 is 0 Å². The van der Waals surface area contributed by atoms with Gasteiger partial charge in [0.25, 0.3) is 5.56 Å². The van der Waals surface area contributed by atoms with Crippen LogP contribution in [0.1, 0.15) is 43.2 Å². The first-order valence-electron chi connectivity index (χ1n) is 12.2. The molecule has 36 heavy (non-hydrogen) atoms. The minimum atomic E-state index is -0.178. The number of amides is 1. The second kappa shape index (κ2) is 10.7. The van der Waals surface area contributed by atoms with Crippen molar-refractivity contribution in [3.8, 4) is 11.4 Å². The zero-order valence-electron chi connectivity index (χ0n) is 20.3. The topological polar surface area (TPSA) is 68.9 Å². The lowest BCUT2D eigenvalue weighted by atomic mass is 9.95. The van der Waals surface area contributed by atoms with E-state index in [9.17, 15) is 9.59 Å². The van der Waals surface area contributed by atoms with E-state index in [-0.39, 0.29) is 23.3 Å². The molecule has 2 aromatic heterocycles. The molecule has 0 saturated heterocycles. The minimum Gasteiger partial charge on any atom is -0.353 e. The summed E-state index contributed by atoms with van der Waals surface area (Å²) in [4.78, 5) is 31.6. The lowest BCUT2D eigenvalue weighted by Gasteiger charge is -2.22. The van der Waals surface area contributed by atoms with Crippen LogP contribution in [-0.2, 0) is 4.79 Å². The molecule has 1 amide bonds. The second-order valence-electron chi connectivity index (χ2n) is 9.20. The molecule has 0 spiro atoms. The number of nitrogens with one attached hydrogen (secondary N) is 1. The van der Waals surface area contributed by atoms with E-state index in [0.717, 1.165) is 48.2 Å². The number of hydrogen-bond donors (Lipinski definition) is 1. The lowest BCUT2D eigenvalue weighted by Crippen LogP contribution is -2.37. The third kappa shape index (κ3) is 5.05. The Balaban J connectivity index is 1.59. The number of nitrogens with zero attached hydrogens (tertiary/aromatic N) is 3. The van der Waals surface area contributed by atoms with E-state index in [1.54, 1.807) is 4.57 Å². The average molecular weight is 537 g/mol. The minimum absolute atomic E-state index is 0.0299. The summed E-state index contributed by atoms with van der Waals surface area (Å²) in [5, 5.41) is 3.64. The maximum atomic E-state index is 13.8. The molecule has 186 valence electrons. The molecule has 1 N–H and O–H groups in total. The summed E-state index contributed by atoms with van der Waals surface area (Å²) in [7, 11) is 0. The highest BCUT2D eigenvalue weighted by atomic mass is 32.2. The Bertz CT molecular complexity index is 1530. The zero-order valence-corrected chi connectivity index (χ0v) is 22.8. The Morgan fingerprint density at radius 2 is 1.81 bits per heavy atom. The fraction of sp³-hybridized carbons (Fsp3) is 0.333. The Kier molecular flexibility index (Phi) is 7.41. The predicted octanol–water partition coefficient (Wildman–Crippen LogP) is 6.13. The monoisotopic (exact) mass is 536 g/mol. The SMILES string of the molecule is Cc1ccc(-n2c(SCC(=O)NC3CCCCC3)nc3c(sc(=S)n3-c3ccccc3C)c2=O)cc1. The molecule has 0 aliphatic heterocycles. The number of thiazole rings is 1. The van der Waals surface area contributed by atoms with Crippen molar-refractivity contribution in [1.82, 2.24) is 19.4 Å². The van der Waals surface area contributed by atoms with E-state index in [2.05, 4.69) is 5.32 Å². The molecule has 5 rings (SSSR count). The van der Waals surface area contributed by atoms with Crippen molar-refractivity contribution in [2.75, 3.05) is 5.75 Å². The maximum Gasteiger partial charge on any atom is 0.278 e. The molecule has 1 aliphatic carbocycles. The van der Waals surface area contributed by atoms with Crippen LogP contribution in [0.5, 0.6) is 0 Å². The molecular formula is C27H28N4O2S3. The second-order valence-corrected chi connectivity index (χ2v) is 11.8. The van der Waals surface area contributed by atoms with Gasteiger partial charge < -0.3 is 5.32 Å². The van der Waals surface area contributed by atoms with Gasteiger partial charge in [0, 0.05) is 6.04 Å². The van der Waals surface area contributed by atoms with E-state index >= 15 is 0 Å². The standard InChI is InChI=1S/C27H28N4O2S3/c1-17-12-14-20(15-13-17)30-25(33)23-24(31(27(34)36-23)21-11-7-6-8-18(21)2)29-26(30)35-16-22(32)28-19-9-4-3-5-10-19/h6-8,11-15,19H,3-5,9-10,16H2,1-2H3,(H,28,32). The molecule has 0 radical (unpaired) electrons. The normalized spacial score (nSPS) is 14.3. The largest absolute Gasteiger partial charge is 0.353 e. The number of hydrogen-bond acceptors (Lipinski definition) is 6. The van der Waals surface area contributed by atoms with Crippen LogP contribution in [0.25, 0.3) is 21.7 Å². The van der Waals surface area contributed by atoms with Gasteiger partial charge in [0.05, 0.1) is 17.1 Å². The Morgan fingerprint density at radius 1 is 1.08 bits per heavy atom. The van der Waals surface area contributed by atoms with Crippen molar-refractivity contribution in [1.29, 1.82) is 0 Å². The van der Waals surface area contributed by atoms with Crippen LogP contribution in [0.2, 0.25) is 0 Å². The summed E-state index contributed by atoms with van der Waals surface area (Å²) in [6.07, 6.45) is 5.61. The summed E-state index contributed by atoms with van der Waals surface area (Å²) < 4.78 is 4.54. The Labute approximate surface area is 223 Å². The molecule has 6 nitrogen and oxygen atoms in total. The predicted molar refractivity (Wildman–Crippen MR) is 151 cm³/mol. The molecular weight excluding hydrogens is 509 g/mol. The van der Waals surface area contributed by atoms with Crippen LogP contribution in [0.3, 0.4) is 0 Å². The average Bonchev–Trinajstić information content (AvgIpc) is 3.20. The smallest absolute Gasteiger partial charge is 0.278 e. The van der Waals surface area contributed by atoms with Gasteiger partial charge in [-0.25, -0.2) is 4.98 Å². The molecule has 0 bridgehead atoms. The molecule has 9 heteroatoms. The van der Waals surface area contributed by atoms with Crippen LogP contribution in [0, 0.1) is 17.8 Å². The van der Waals surface area contributed by atoms with Gasteiger partial charge in [0.15, 0.2) is 14.8 Å². The van der Waals surface area contributed by atoms with E-state index in [4.69, 9.17) is 17.2 Å². The summed E-state index contributed by atoms with van der Waals surface area (Å²) >= 11 is 8.25. The highest BCUT2D eigenvalue weighted by Crippen LogP contribution is 2.28. The first kappa shape index (κ1) is 24.9. The van der Waals surface area contributed by atoms with Crippen LogP contribution in [0.15, 0.2) is 58.5 Å². The third-order valence-corrected chi connectivity index (χ3v) is 8.82. The van der Waals surface area contributed by atoms with E-state index in [1.807, 2.05) is 66.9 Å². The summed E-state index contributed by atoms with van der Waals surface area (Å²) in [6.45, 7) is 4.02. The van der Waals surface area contributed by atoms with Gasteiger partial charge in [-0.1, -0.05) is 78.3 Å². The molecule has 0 unspecified atom stereocenters. The highest BCUT2D eigenvalue weighted by Gasteiger charge is 2.21. The molecule has 4 aromatic rings. The van der Waals surface area contributed by atoms with Crippen molar-refractivity contribution < 1.29 is 4.79 Å². The molecule has 1 fully saturated rings.